The summed E-state index contributed by atoms with van der Waals surface area (Å²) in [4.78, 5) is 32.5. The summed E-state index contributed by atoms with van der Waals surface area (Å²) in [6.45, 7) is 4.69. The molecule has 172 valence electrons. The van der Waals surface area contributed by atoms with Crippen molar-refractivity contribution in [3.05, 3.63) is 47.8 Å². The first kappa shape index (κ1) is 21.4. The second kappa shape index (κ2) is 7.86. The summed E-state index contributed by atoms with van der Waals surface area (Å²) in [6, 6.07) is 7.96. The Morgan fingerprint density at radius 3 is 2.76 bits per heavy atom. The van der Waals surface area contributed by atoms with Crippen LogP contribution in [0.5, 0.6) is 0 Å². The van der Waals surface area contributed by atoms with Gasteiger partial charge in [-0.25, -0.2) is 4.98 Å². The van der Waals surface area contributed by atoms with Gasteiger partial charge in [0, 0.05) is 25.2 Å². The van der Waals surface area contributed by atoms with Crippen molar-refractivity contribution >= 4 is 34.2 Å². The first-order valence-electron chi connectivity index (χ1n) is 11.6. The number of aromatic nitrogens is 3. The molecule has 2 aromatic heterocycles. The van der Waals surface area contributed by atoms with Crippen LogP contribution in [0.4, 0.5) is 11.5 Å². The standard InChI is InChI=1S/C25H30N6O2/c1-15-8-9-25(2,18-7-6-17-14-30(3)29-21(17)10-18)31(13-15)24(33)23(32)28-19-11-20(16-4-5-16)22(26)27-12-19/h6-7,10-12,14-16H,4-5,8-9,13H2,1-3H3,(H2,26,27)(H,28,32)/t15-,25-/m0/s1. The molecule has 33 heavy (non-hydrogen) atoms. The van der Waals surface area contributed by atoms with Gasteiger partial charge < -0.3 is 16.0 Å². The molecule has 2 aliphatic rings. The van der Waals surface area contributed by atoms with Gasteiger partial charge in [-0.3, -0.25) is 14.3 Å². The van der Waals surface area contributed by atoms with Crippen LogP contribution in [-0.4, -0.2) is 38.0 Å². The monoisotopic (exact) mass is 446 g/mol. The molecule has 1 aromatic carbocycles. The van der Waals surface area contributed by atoms with Crippen LogP contribution in [0.15, 0.2) is 36.7 Å². The highest BCUT2D eigenvalue weighted by molar-refractivity contribution is 6.39. The fourth-order valence-electron chi connectivity index (χ4n) is 4.94. The summed E-state index contributed by atoms with van der Waals surface area (Å²) in [5.41, 5.74) is 8.72. The molecule has 1 aliphatic carbocycles. The Hall–Kier alpha value is -3.42. The Kier molecular flexibility index (Phi) is 5.11. The van der Waals surface area contributed by atoms with E-state index < -0.39 is 17.4 Å². The zero-order chi connectivity index (χ0) is 23.3. The summed E-state index contributed by atoms with van der Waals surface area (Å²) in [7, 11) is 1.89. The maximum absolute atomic E-state index is 13.5. The molecule has 0 radical (unpaired) electrons. The lowest BCUT2D eigenvalue weighted by Crippen LogP contribution is -2.55. The number of amides is 2. The number of likely N-dealkylation sites (tertiary alicyclic amines) is 1. The largest absolute Gasteiger partial charge is 0.383 e. The van der Waals surface area contributed by atoms with E-state index in [1.165, 1.54) is 6.20 Å². The molecule has 1 saturated carbocycles. The summed E-state index contributed by atoms with van der Waals surface area (Å²) < 4.78 is 1.78. The van der Waals surface area contributed by atoms with Gasteiger partial charge in [0.05, 0.1) is 22.9 Å². The lowest BCUT2D eigenvalue weighted by molar-refractivity contribution is -0.150. The van der Waals surface area contributed by atoms with Crippen molar-refractivity contribution in [2.24, 2.45) is 13.0 Å². The molecular formula is C25H30N6O2. The molecule has 0 bridgehead atoms. The number of nitrogens with zero attached hydrogens (tertiary/aromatic N) is 4. The molecule has 2 atom stereocenters. The average molecular weight is 447 g/mol. The predicted octanol–water partition coefficient (Wildman–Crippen LogP) is 3.54. The summed E-state index contributed by atoms with van der Waals surface area (Å²) >= 11 is 0. The molecule has 2 fully saturated rings. The summed E-state index contributed by atoms with van der Waals surface area (Å²) in [6.07, 6.45) is 7.39. The van der Waals surface area contributed by atoms with Crippen LogP contribution < -0.4 is 11.1 Å². The highest BCUT2D eigenvalue weighted by atomic mass is 16.2. The van der Waals surface area contributed by atoms with Crippen LogP contribution in [0.2, 0.25) is 0 Å². The van der Waals surface area contributed by atoms with Crippen LogP contribution >= 0.6 is 0 Å². The van der Waals surface area contributed by atoms with Crippen molar-refractivity contribution in [3.63, 3.8) is 0 Å². The van der Waals surface area contributed by atoms with Crippen molar-refractivity contribution in [2.45, 2.75) is 51.0 Å². The van der Waals surface area contributed by atoms with E-state index in [9.17, 15) is 9.59 Å². The molecule has 5 rings (SSSR count). The fourth-order valence-corrected chi connectivity index (χ4v) is 4.94. The lowest BCUT2D eigenvalue weighted by Gasteiger charge is -2.47. The topological polar surface area (TPSA) is 106 Å². The SMILES string of the molecule is C[C@H]1CC[C@@](C)(c2ccc3cn(C)nc3c2)N(C(=O)C(=O)Nc2cnc(N)c(C3CC3)c2)C1. The summed E-state index contributed by atoms with van der Waals surface area (Å²) in [5, 5.41) is 8.34. The number of aryl methyl sites for hydroxylation is 1. The molecule has 2 amide bonds. The maximum atomic E-state index is 13.5. The molecule has 3 aromatic rings. The minimum atomic E-state index is -0.650. The van der Waals surface area contributed by atoms with Crippen LogP contribution in [0.25, 0.3) is 10.9 Å². The zero-order valence-corrected chi connectivity index (χ0v) is 19.3. The van der Waals surface area contributed by atoms with Gasteiger partial charge in [-0.05, 0) is 67.7 Å². The highest BCUT2D eigenvalue weighted by Gasteiger charge is 2.43. The number of nitrogen functional groups attached to an aromatic ring is 1. The van der Waals surface area contributed by atoms with Crippen LogP contribution in [-0.2, 0) is 22.2 Å². The van der Waals surface area contributed by atoms with E-state index in [0.29, 0.717) is 29.9 Å². The second-order valence-electron chi connectivity index (χ2n) is 9.84. The number of hydrogen-bond donors (Lipinski definition) is 2. The third kappa shape index (κ3) is 3.94. The minimum absolute atomic E-state index is 0.313. The third-order valence-corrected chi connectivity index (χ3v) is 7.12. The first-order valence-corrected chi connectivity index (χ1v) is 11.6. The first-order chi connectivity index (χ1) is 15.7. The molecule has 3 N–H and O–H groups in total. The Morgan fingerprint density at radius 2 is 2.00 bits per heavy atom. The van der Waals surface area contributed by atoms with Crippen molar-refractivity contribution in [2.75, 3.05) is 17.6 Å². The Morgan fingerprint density at radius 1 is 1.21 bits per heavy atom. The van der Waals surface area contributed by atoms with Crippen molar-refractivity contribution in [3.8, 4) is 0 Å². The Labute approximate surface area is 193 Å². The van der Waals surface area contributed by atoms with Gasteiger partial charge in [0.1, 0.15) is 5.82 Å². The van der Waals surface area contributed by atoms with E-state index in [0.717, 1.165) is 47.7 Å². The van der Waals surface area contributed by atoms with Gasteiger partial charge in [0.15, 0.2) is 0 Å². The van der Waals surface area contributed by atoms with E-state index in [1.807, 2.05) is 44.4 Å². The number of fused-ring (bicyclic) bond motifs is 1. The van der Waals surface area contributed by atoms with E-state index in [1.54, 1.807) is 9.58 Å². The normalized spacial score (nSPS) is 23.0. The number of benzene rings is 1. The van der Waals surface area contributed by atoms with Crippen molar-refractivity contribution < 1.29 is 9.59 Å². The van der Waals surface area contributed by atoms with E-state index in [-0.39, 0.29) is 0 Å². The minimum Gasteiger partial charge on any atom is -0.383 e. The van der Waals surface area contributed by atoms with Crippen LogP contribution in [0.1, 0.15) is 56.6 Å². The van der Waals surface area contributed by atoms with E-state index in [2.05, 4.69) is 22.3 Å². The van der Waals surface area contributed by atoms with Gasteiger partial charge in [0.2, 0.25) is 0 Å². The van der Waals surface area contributed by atoms with Gasteiger partial charge >= 0.3 is 11.8 Å². The Bertz CT molecular complexity index is 1250. The molecule has 8 nitrogen and oxygen atoms in total. The van der Waals surface area contributed by atoms with Crippen molar-refractivity contribution in [1.82, 2.24) is 19.7 Å². The van der Waals surface area contributed by atoms with Gasteiger partial charge in [-0.1, -0.05) is 19.1 Å². The molecular weight excluding hydrogens is 416 g/mol. The van der Waals surface area contributed by atoms with Crippen LogP contribution in [0.3, 0.4) is 0 Å². The number of anilines is 2. The van der Waals surface area contributed by atoms with Gasteiger partial charge in [0.25, 0.3) is 0 Å². The number of rotatable bonds is 3. The predicted molar refractivity (Wildman–Crippen MR) is 127 cm³/mol. The number of nitrogens with one attached hydrogen (secondary N) is 1. The van der Waals surface area contributed by atoms with Crippen molar-refractivity contribution in [1.29, 1.82) is 0 Å². The molecule has 1 saturated heterocycles. The van der Waals surface area contributed by atoms with E-state index >= 15 is 0 Å². The number of piperidine rings is 1. The van der Waals surface area contributed by atoms with Crippen LogP contribution in [0, 0.1) is 5.92 Å². The number of nitrogens with two attached hydrogens (primary N) is 1. The molecule has 1 aliphatic heterocycles. The number of carbonyl (C=O) groups excluding carboxylic acids is 2. The third-order valence-electron chi connectivity index (χ3n) is 7.12. The second-order valence-corrected chi connectivity index (χ2v) is 9.84. The molecule has 0 unspecified atom stereocenters. The molecule has 3 heterocycles. The summed E-state index contributed by atoms with van der Waals surface area (Å²) in [5.74, 6) is 0.0209. The zero-order valence-electron chi connectivity index (χ0n) is 19.3. The highest BCUT2D eigenvalue weighted by Crippen LogP contribution is 2.43. The number of carbonyl (C=O) groups is 2. The van der Waals surface area contributed by atoms with E-state index in [4.69, 9.17) is 5.73 Å². The van der Waals surface area contributed by atoms with Gasteiger partial charge in [-0.2, -0.15) is 5.10 Å². The average Bonchev–Trinajstić information content (AvgIpc) is 3.56. The Balaban J connectivity index is 1.42. The number of pyridine rings is 1. The maximum Gasteiger partial charge on any atom is 0.313 e. The lowest BCUT2D eigenvalue weighted by atomic mass is 9.78. The molecule has 0 spiro atoms. The quantitative estimate of drug-likeness (QED) is 0.599. The van der Waals surface area contributed by atoms with Gasteiger partial charge in [-0.15, -0.1) is 0 Å². The smallest absolute Gasteiger partial charge is 0.313 e. The fraction of sp³-hybridized carbons (Fsp3) is 0.440. The number of hydrogen-bond acceptors (Lipinski definition) is 5. The molecule has 8 heteroatoms.